The van der Waals surface area contributed by atoms with Crippen LogP contribution in [-0.4, -0.2) is 20.7 Å². The van der Waals surface area contributed by atoms with Crippen molar-refractivity contribution in [2.24, 2.45) is 0 Å². The van der Waals surface area contributed by atoms with E-state index in [1.807, 2.05) is 11.6 Å². The Morgan fingerprint density at radius 2 is 2.00 bits per heavy atom. The first-order valence-corrected chi connectivity index (χ1v) is 8.36. The highest BCUT2D eigenvalue weighted by molar-refractivity contribution is 5.91. The van der Waals surface area contributed by atoms with Crippen LogP contribution in [-0.2, 0) is 16.8 Å². The molecule has 0 bridgehead atoms. The minimum Gasteiger partial charge on any atom is -0.345 e. The minimum atomic E-state index is -0.349. The number of nitrogens with zero attached hydrogens (tertiary/aromatic N) is 3. The molecule has 1 aliphatic rings. The zero-order valence-corrected chi connectivity index (χ0v) is 14.0. The first kappa shape index (κ1) is 15.7. The molecule has 0 unspecified atom stereocenters. The Hall–Kier alpha value is -2.17. The Morgan fingerprint density at radius 1 is 1.30 bits per heavy atom. The van der Waals surface area contributed by atoms with E-state index in [0.29, 0.717) is 0 Å². The molecule has 5 nitrogen and oxygen atoms in total. The molecule has 122 valence electrons. The zero-order chi connectivity index (χ0) is 16.4. The van der Waals surface area contributed by atoms with Crippen LogP contribution in [0.5, 0.6) is 0 Å². The van der Waals surface area contributed by atoms with Crippen LogP contribution in [0.25, 0.3) is 0 Å². The Balaban J connectivity index is 1.79. The molecule has 0 saturated heterocycles. The van der Waals surface area contributed by atoms with Gasteiger partial charge in [-0.3, -0.25) is 4.79 Å². The lowest BCUT2D eigenvalue weighted by molar-refractivity contribution is -0.124. The van der Waals surface area contributed by atoms with E-state index >= 15 is 0 Å². The van der Waals surface area contributed by atoms with Gasteiger partial charge in [-0.1, -0.05) is 36.8 Å². The van der Waals surface area contributed by atoms with Crippen LogP contribution in [0, 0.1) is 6.92 Å². The van der Waals surface area contributed by atoms with Gasteiger partial charge in [-0.15, -0.1) is 0 Å². The predicted octanol–water partition coefficient (Wildman–Crippen LogP) is 2.91. The van der Waals surface area contributed by atoms with Crippen LogP contribution in [0.1, 0.15) is 56.1 Å². The highest BCUT2D eigenvalue weighted by Crippen LogP contribution is 2.48. The maximum atomic E-state index is 12.9. The molecule has 1 N–H and O–H groups in total. The van der Waals surface area contributed by atoms with Crippen molar-refractivity contribution in [3.63, 3.8) is 0 Å². The van der Waals surface area contributed by atoms with Crippen molar-refractivity contribution in [2.75, 3.05) is 0 Å². The van der Waals surface area contributed by atoms with Crippen molar-refractivity contribution in [2.45, 2.75) is 58.0 Å². The number of carbonyl (C=O) groups is 1. The molecule has 1 fully saturated rings. The molecule has 2 aromatic rings. The molecule has 1 heterocycles. The van der Waals surface area contributed by atoms with Crippen LogP contribution in [0.15, 0.2) is 30.6 Å². The van der Waals surface area contributed by atoms with Gasteiger partial charge in [-0.05, 0) is 38.7 Å². The van der Waals surface area contributed by atoms with E-state index in [2.05, 4.69) is 53.5 Å². The first-order valence-electron chi connectivity index (χ1n) is 8.36. The van der Waals surface area contributed by atoms with E-state index in [9.17, 15) is 4.79 Å². The van der Waals surface area contributed by atoms with Crippen molar-refractivity contribution in [3.05, 3.63) is 47.5 Å². The first-order chi connectivity index (χ1) is 11.1. The lowest BCUT2D eigenvalue weighted by atomic mass is 9.93. The van der Waals surface area contributed by atoms with E-state index < -0.39 is 0 Å². The summed E-state index contributed by atoms with van der Waals surface area (Å²) >= 11 is 0. The SMILES string of the molecule is CC[C@@H](NC(=O)C1(c2ccc(C)cc2)CC1)c1ncnn1CC. The maximum absolute atomic E-state index is 12.9. The van der Waals surface area contributed by atoms with E-state index in [4.69, 9.17) is 0 Å². The van der Waals surface area contributed by atoms with Crippen LogP contribution in [0.3, 0.4) is 0 Å². The summed E-state index contributed by atoms with van der Waals surface area (Å²) in [7, 11) is 0. The van der Waals surface area contributed by atoms with Crippen molar-refractivity contribution in [1.29, 1.82) is 0 Å². The van der Waals surface area contributed by atoms with E-state index in [-0.39, 0.29) is 17.4 Å². The second-order valence-electron chi connectivity index (χ2n) is 6.32. The summed E-state index contributed by atoms with van der Waals surface area (Å²) < 4.78 is 1.85. The van der Waals surface area contributed by atoms with Gasteiger partial charge in [-0.25, -0.2) is 9.67 Å². The molecule has 0 radical (unpaired) electrons. The third kappa shape index (κ3) is 2.87. The minimum absolute atomic E-state index is 0.0899. The Labute approximate surface area is 137 Å². The highest BCUT2D eigenvalue weighted by atomic mass is 16.2. The average Bonchev–Trinajstić information content (AvgIpc) is 3.24. The molecular formula is C18H24N4O. The molecule has 3 rings (SSSR count). The summed E-state index contributed by atoms with van der Waals surface area (Å²) in [5, 5.41) is 7.41. The smallest absolute Gasteiger partial charge is 0.231 e. The van der Waals surface area contributed by atoms with Gasteiger partial charge in [0, 0.05) is 6.54 Å². The van der Waals surface area contributed by atoms with E-state index in [1.54, 1.807) is 6.33 Å². The predicted molar refractivity (Wildman–Crippen MR) is 89.0 cm³/mol. The maximum Gasteiger partial charge on any atom is 0.231 e. The largest absolute Gasteiger partial charge is 0.345 e. The van der Waals surface area contributed by atoms with Crippen molar-refractivity contribution in [1.82, 2.24) is 20.1 Å². The Morgan fingerprint density at radius 3 is 2.57 bits per heavy atom. The number of carbonyl (C=O) groups excluding carboxylic acids is 1. The molecule has 1 aliphatic carbocycles. The molecule has 0 spiro atoms. The normalized spacial score (nSPS) is 16.8. The van der Waals surface area contributed by atoms with Gasteiger partial charge in [0.25, 0.3) is 0 Å². The average molecular weight is 312 g/mol. The van der Waals surface area contributed by atoms with E-state index in [0.717, 1.165) is 37.2 Å². The summed E-state index contributed by atoms with van der Waals surface area (Å²) in [6.45, 7) is 6.91. The summed E-state index contributed by atoms with van der Waals surface area (Å²) in [4.78, 5) is 17.2. The van der Waals surface area contributed by atoms with Gasteiger partial charge in [0.2, 0.25) is 5.91 Å². The lowest BCUT2D eigenvalue weighted by Gasteiger charge is -2.21. The van der Waals surface area contributed by atoms with Gasteiger partial charge in [0.1, 0.15) is 12.2 Å². The zero-order valence-electron chi connectivity index (χ0n) is 14.0. The molecule has 1 amide bonds. The topological polar surface area (TPSA) is 59.8 Å². The number of nitrogens with one attached hydrogen (secondary N) is 1. The molecular weight excluding hydrogens is 288 g/mol. The van der Waals surface area contributed by atoms with Crippen LogP contribution in [0.2, 0.25) is 0 Å². The van der Waals surface area contributed by atoms with Gasteiger partial charge in [0.15, 0.2) is 0 Å². The summed E-state index contributed by atoms with van der Waals surface area (Å²) in [5.74, 6) is 0.946. The summed E-state index contributed by atoms with van der Waals surface area (Å²) in [6, 6.07) is 8.23. The quantitative estimate of drug-likeness (QED) is 0.892. The van der Waals surface area contributed by atoms with E-state index in [1.165, 1.54) is 5.56 Å². The Bertz CT molecular complexity index is 685. The van der Waals surface area contributed by atoms with Crippen molar-refractivity contribution >= 4 is 5.91 Å². The van der Waals surface area contributed by atoms with Crippen LogP contribution >= 0.6 is 0 Å². The lowest BCUT2D eigenvalue weighted by Crippen LogP contribution is -2.38. The number of hydrogen-bond donors (Lipinski definition) is 1. The van der Waals surface area contributed by atoms with Crippen molar-refractivity contribution < 1.29 is 4.79 Å². The molecule has 5 heteroatoms. The summed E-state index contributed by atoms with van der Waals surface area (Å²) in [6.07, 6.45) is 4.19. The van der Waals surface area contributed by atoms with Crippen LogP contribution < -0.4 is 5.32 Å². The third-order valence-electron chi connectivity index (χ3n) is 4.76. The number of hydrogen-bond acceptors (Lipinski definition) is 3. The van der Waals surface area contributed by atoms with Crippen molar-refractivity contribution in [3.8, 4) is 0 Å². The number of aromatic nitrogens is 3. The van der Waals surface area contributed by atoms with Gasteiger partial charge in [0.05, 0.1) is 11.5 Å². The molecule has 23 heavy (non-hydrogen) atoms. The molecule has 1 aromatic carbocycles. The second kappa shape index (κ2) is 6.14. The van der Waals surface area contributed by atoms with Gasteiger partial charge < -0.3 is 5.32 Å². The third-order valence-corrected chi connectivity index (χ3v) is 4.76. The Kier molecular flexibility index (Phi) is 4.20. The monoisotopic (exact) mass is 312 g/mol. The molecule has 0 aliphatic heterocycles. The van der Waals surface area contributed by atoms with Crippen LogP contribution in [0.4, 0.5) is 0 Å². The van der Waals surface area contributed by atoms with Gasteiger partial charge >= 0.3 is 0 Å². The molecule has 1 atom stereocenters. The number of benzene rings is 1. The number of amides is 1. The molecule has 1 aromatic heterocycles. The fraction of sp³-hybridized carbons (Fsp3) is 0.500. The number of aryl methyl sites for hydroxylation is 2. The summed E-state index contributed by atoms with van der Waals surface area (Å²) in [5.41, 5.74) is 1.98. The molecule has 1 saturated carbocycles. The fourth-order valence-electron chi connectivity index (χ4n) is 3.08. The standard InChI is InChI=1S/C18H24N4O/c1-4-15(16-19-12-20-22(16)5-2)21-17(23)18(10-11-18)14-8-6-13(3)7-9-14/h6-9,12,15H,4-5,10-11H2,1-3H3,(H,21,23)/t15-/m1/s1. The number of rotatable bonds is 6. The second-order valence-corrected chi connectivity index (χ2v) is 6.32. The fourth-order valence-corrected chi connectivity index (χ4v) is 3.08. The highest BCUT2D eigenvalue weighted by Gasteiger charge is 2.51. The van der Waals surface area contributed by atoms with Gasteiger partial charge in [-0.2, -0.15) is 5.10 Å².